The van der Waals surface area contributed by atoms with Crippen molar-refractivity contribution in [3.8, 4) is 11.6 Å². The van der Waals surface area contributed by atoms with Crippen molar-refractivity contribution in [2.45, 2.75) is 31.6 Å². The van der Waals surface area contributed by atoms with Gasteiger partial charge in [0, 0.05) is 24.9 Å². The van der Waals surface area contributed by atoms with E-state index in [1.165, 1.54) is 18.4 Å². The van der Waals surface area contributed by atoms with Gasteiger partial charge in [0.2, 0.25) is 17.8 Å². The molecule has 0 radical (unpaired) electrons. The molecule has 1 fully saturated rings. The van der Waals surface area contributed by atoms with Crippen molar-refractivity contribution in [3.05, 3.63) is 59.0 Å². The molecule has 0 saturated carbocycles. The van der Waals surface area contributed by atoms with Crippen LogP contribution in [0.25, 0.3) is 0 Å². The van der Waals surface area contributed by atoms with E-state index in [1.54, 1.807) is 12.4 Å². The van der Waals surface area contributed by atoms with E-state index in [0.717, 1.165) is 42.9 Å². The van der Waals surface area contributed by atoms with Crippen molar-refractivity contribution >= 4 is 35.4 Å². The molecule has 10 nitrogen and oxygen atoms in total. The molecule has 0 bridgehead atoms. The fraction of sp³-hybridized carbons (Fsp3) is 0.333. The minimum absolute atomic E-state index is 0. The van der Waals surface area contributed by atoms with E-state index in [-0.39, 0.29) is 11.0 Å². The highest BCUT2D eigenvalue weighted by molar-refractivity contribution is 7.96. The summed E-state index contributed by atoms with van der Waals surface area (Å²) in [7, 11) is 0. The first kappa shape index (κ1) is 26.6. The Morgan fingerprint density at radius 2 is 1.73 bits per heavy atom. The van der Waals surface area contributed by atoms with E-state index in [2.05, 4.69) is 25.2 Å². The van der Waals surface area contributed by atoms with Crippen molar-refractivity contribution in [2.75, 3.05) is 23.3 Å². The lowest BCUT2D eigenvalue weighted by atomic mass is 10.1. The van der Waals surface area contributed by atoms with Gasteiger partial charge in [-0.15, -0.1) is 0 Å². The number of nitrogens with two attached hydrogens (primary N) is 1. The lowest BCUT2D eigenvalue weighted by Gasteiger charge is -2.27. The normalized spacial score (nSPS) is 13.0. The number of rotatable bonds is 8. The van der Waals surface area contributed by atoms with Gasteiger partial charge in [-0.05, 0) is 37.0 Å². The highest BCUT2D eigenvalue weighted by atomic mass is 35.5. The number of ether oxygens (including phenoxy) is 1. The number of hydrogen-bond acceptors (Lipinski definition) is 9. The molecule has 0 unspecified atom stereocenters. The van der Waals surface area contributed by atoms with E-state index >= 15 is 0 Å². The second-order valence-electron chi connectivity index (χ2n) is 7.18. The number of aromatic nitrogens is 4. The van der Waals surface area contributed by atoms with Crippen LogP contribution < -0.4 is 20.1 Å². The summed E-state index contributed by atoms with van der Waals surface area (Å²) in [5.74, 6) is 3.15. The van der Waals surface area contributed by atoms with E-state index in [0.29, 0.717) is 35.1 Å². The molecule has 0 amide bonds. The van der Waals surface area contributed by atoms with Gasteiger partial charge in [0.15, 0.2) is 0 Å². The van der Waals surface area contributed by atoms with Crippen LogP contribution in [0, 0.1) is 0 Å². The van der Waals surface area contributed by atoms with Crippen LogP contribution in [0.5, 0.6) is 11.6 Å². The molecular formula is C21H28ClN7O3S. The summed E-state index contributed by atoms with van der Waals surface area (Å²) in [4.78, 5) is 20.0. The van der Waals surface area contributed by atoms with Crippen molar-refractivity contribution < 1.29 is 15.7 Å². The first-order valence-corrected chi connectivity index (χ1v) is 11.5. The molecule has 33 heavy (non-hydrogen) atoms. The van der Waals surface area contributed by atoms with Crippen LogP contribution in [-0.2, 0) is 12.3 Å². The van der Waals surface area contributed by atoms with Gasteiger partial charge < -0.3 is 25.9 Å². The molecule has 1 saturated heterocycles. The second kappa shape index (κ2) is 13.1. The van der Waals surface area contributed by atoms with Gasteiger partial charge in [-0.25, -0.2) is 15.0 Å². The third-order valence-electron chi connectivity index (χ3n) is 4.83. The van der Waals surface area contributed by atoms with Crippen molar-refractivity contribution in [3.63, 3.8) is 0 Å². The summed E-state index contributed by atoms with van der Waals surface area (Å²) in [6.07, 6.45) is 6.62. The summed E-state index contributed by atoms with van der Waals surface area (Å²) in [5, 5.41) is 9.21. The highest BCUT2D eigenvalue weighted by Gasteiger charge is 2.16. The predicted octanol–water partition coefficient (Wildman–Crippen LogP) is 2.77. The molecule has 3 aromatic rings. The maximum Gasteiger partial charge on any atom is 0.228 e. The molecule has 1 aromatic carbocycles. The van der Waals surface area contributed by atoms with Gasteiger partial charge in [-0.3, -0.25) is 5.14 Å². The average Bonchev–Trinajstić information content (AvgIpc) is 2.81. The van der Waals surface area contributed by atoms with Crippen LogP contribution in [0.1, 0.15) is 30.5 Å². The molecule has 0 aliphatic carbocycles. The topological polar surface area (TPSA) is 165 Å². The molecule has 0 atom stereocenters. The number of nitrogens with zero attached hydrogens (tertiary/aromatic N) is 5. The van der Waals surface area contributed by atoms with Crippen molar-refractivity contribution in [2.24, 2.45) is 5.14 Å². The lowest BCUT2D eigenvalue weighted by molar-refractivity contribution is 0.458. The lowest BCUT2D eigenvalue weighted by Crippen LogP contribution is -2.31. The Hall–Kier alpha value is -2.70. The van der Waals surface area contributed by atoms with Crippen LogP contribution in [0.3, 0.4) is 0 Å². The molecule has 178 valence electrons. The maximum absolute atomic E-state index is 6.06. The molecule has 1 aliphatic heterocycles. The Bertz CT molecular complexity index is 990. The molecular weight excluding hydrogens is 466 g/mol. The first-order valence-electron chi connectivity index (χ1n) is 10.1. The fourth-order valence-corrected chi connectivity index (χ4v) is 3.76. The SMILES string of the molecule is NSCc1ccc(Oc2cc(CNc3ncc(Cl)cn3)nc(N3CCCCC3)n2)cc1.O.O. The van der Waals surface area contributed by atoms with Crippen LogP contribution >= 0.6 is 23.5 Å². The van der Waals surface area contributed by atoms with Gasteiger partial charge >= 0.3 is 0 Å². The second-order valence-corrected chi connectivity index (χ2v) is 8.24. The molecule has 12 heteroatoms. The average molecular weight is 494 g/mol. The van der Waals surface area contributed by atoms with Crippen molar-refractivity contribution in [1.82, 2.24) is 19.9 Å². The Morgan fingerprint density at radius 3 is 2.39 bits per heavy atom. The van der Waals surface area contributed by atoms with E-state index in [1.807, 2.05) is 30.3 Å². The number of anilines is 2. The number of piperidine rings is 1. The molecule has 7 N–H and O–H groups in total. The standard InChI is InChI=1S/C21H24ClN7OS.2H2O/c22-16-11-24-20(25-12-16)26-13-17-10-19(28-21(27-17)29-8-2-1-3-9-29)30-18-6-4-15(5-7-18)14-31-23;;/h4-7,10-12H,1-3,8-9,13-14,23H2,(H,24,25,26);2*1H2. The van der Waals surface area contributed by atoms with Crippen LogP contribution in [0.2, 0.25) is 5.02 Å². The Balaban J connectivity index is 0.00000193. The summed E-state index contributed by atoms with van der Waals surface area (Å²) < 4.78 is 6.06. The predicted molar refractivity (Wildman–Crippen MR) is 132 cm³/mol. The van der Waals surface area contributed by atoms with Gasteiger partial charge in [-0.2, -0.15) is 4.98 Å². The van der Waals surface area contributed by atoms with Gasteiger partial charge in [0.05, 0.1) is 29.7 Å². The Labute approximate surface area is 201 Å². The minimum Gasteiger partial charge on any atom is -0.439 e. The number of nitrogens with one attached hydrogen (secondary N) is 1. The summed E-state index contributed by atoms with van der Waals surface area (Å²) >= 11 is 7.16. The third kappa shape index (κ3) is 7.69. The van der Waals surface area contributed by atoms with E-state index < -0.39 is 0 Å². The monoisotopic (exact) mass is 493 g/mol. The molecule has 1 aliphatic rings. The van der Waals surface area contributed by atoms with E-state index in [4.69, 9.17) is 26.5 Å². The van der Waals surface area contributed by atoms with Gasteiger partial charge in [0.1, 0.15) is 5.75 Å². The van der Waals surface area contributed by atoms with Gasteiger partial charge in [-0.1, -0.05) is 35.7 Å². The number of benzene rings is 1. The van der Waals surface area contributed by atoms with Crippen LogP contribution in [-0.4, -0.2) is 44.0 Å². The number of hydrogen-bond donors (Lipinski definition) is 2. The van der Waals surface area contributed by atoms with Gasteiger partial charge in [0.25, 0.3) is 0 Å². The molecule has 2 aromatic heterocycles. The molecule has 0 spiro atoms. The Kier molecular flexibility index (Phi) is 10.6. The highest BCUT2D eigenvalue weighted by Crippen LogP contribution is 2.25. The molecule has 3 heterocycles. The van der Waals surface area contributed by atoms with Crippen molar-refractivity contribution in [1.29, 1.82) is 0 Å². The van der Waals surface area contributed by atoms with Crippen LogP contribution in [0.15, 0.2) is 42.7 Å². The minimum atomic E-state index is 0. The largest absolute Gasteiger partial charge is 0.439 e. The summed E-state index contributed by atoms with van der Waals surface area (Å²) in [5.41, 5.74) is 1.93. The summed E-state index contributed by atoms with van der Waals surface area (Å²) in [6, 6.07) is 9.69. The van der Waals surface area contributed by atoms with E-state index in [9.17, 15) is 0 Å². The smallest absolute Gasteiger partial charge is 0.228 e. The quantitative estimate of drug-likeness (QED) is 0.448. The Morgan fingerprint density at radius 1 is 1.03 bits per heavy atom. The zero-order chi connectivity index (χ0) is 21.5. The third-order valence-corrected chi connectivity index (χ3v) is 5.52. The number of halogens is 1. The summed E-state index contributed by atoms with van der Waals surface area (Å²) in [6.45, 7) is 2.33. The maximum atomic E-state index is 6.06. The zero-order valence-corrected chi connectivity index (χ0v) is 19.6. The first-order chi connectivity index (χ1) is 15.2. The van der Waals surface area contributed by atoms with Crippen LogP contribution in [0.4, 0.5) is 11.9 Å². The molecule has 4 rings (SSSR count). The fourth-order valence-electron chi connectivity index (χ4n) is 3.28. The zero-order valence-electron chi connectivity index (χ0n) is 18.0.